The van der Waals surface area contributed by atoms with Gasteiger partial charge >= 0.3 is 12.1 Å². The fourth-order valence-electron chi connectivity index (χ4n) is 2.61. The summed E-state index contributed by atoms with van der Waals surface area (Å²) in [5, 5.41) is 0. The Bertz CT molecular complexity index is 939. The molecule has 1 N–H and O–H groups in total. The maximum Gasteiger partial charge on any atom is 0.509 e. The van der Waals surface area contributed by atoms with Crippen LogP contribution in [-0.4, -0.2) is 37.8 Å². The number of esters is 1. The lowest BCUT2D eigenvalue weighted by molar-refractivity contribution is -0.159. The molecule has 0 radical (unpaired) electrons. The highest BCUT2D eigenvalue weighted by molar-refractivity contribution is 7.84. The van der Waals surface area contributed by atoms with Crippen molar-refractivity contribution in [2.45, 2.75) is 70.6 Å². The van der Waals surface area contributed by atoms with Crippen LogP contribution in [0.5, 0.6) is 0 Å². The number of benzene rings is 1. The third kappa shape index (κ3) is 8.94. The summed E-state index contributed by atoms with van der Waals surface area (Å²) in [6.07, 6.45) is 0.567. The van der Waals surface area contributed by atoms with Crippen molar-refractivity contribution in [3.8, 4) is 0 Å². The molecular weight excluding hydrogens is 444 g/mol. The highest BCUT2D eigenvalue weighted by Gasteiger charge is 2.38. The molecule has 8 nitrogen and oxygen atoms in total. The van der Waals surface area contributed by atoms with E-state index in [2.05, 4.69) is 9.71 Å². The molecule has 33 heavy (non-hydrogen) atoms. The van der Waals surface area contributed by atoms with Crippen molar-refractivity contribution in [1.82, 2.24) is 9.71 Å². The first kappa shape index (κ1) is 26.5. The van der Waals surface area contributed by atoms with Gasteiger partial charge in [0, 0.05) is 12.4 Å². The molecule has 0 spiro atoms. The van der Waals surface area contributed by atoms with E-state index < -0.39 is 45.6 Å². The van der Waals surface area contributed by atoms with Gasteiger partial charge in [-0.2, -0.15) is 0 Å². The van der Waals surface area contributed by atoms with E-state index in [1.165, 1.54) is 12.4 Å². The summed E-state index contributed by atoms with van der Waals surface area (Å²) >= 11 is 0. The van der Waals surface area contributed by atoms with Crippen LogP contribution < -0.4 is 4.72 Å². The van der Waals surface area contributed by atoms with Gasteiger partial charge in [0.2, 0.25) is 6.10 Å². The summed E-state index contributed by atoms with van der Waals surface area (Å²) in [6.45, 7) is 10.4. The average Bonchev–Trinajstić information content (AvgIpc) is 2.73. The summed E-state index contributed by atoms with van der Waals surface area (Å²) in [7, 11) is -1.59. The number of carbonyl (C=O) groups excluding carboxylic acids is 2. The minimum atomic E-state index is -1.59. The van der Waals surface area contributed by atoms with Gasteiger partial charge in [-0.3, -0.25) is 4.98 Å². The molecule has 2 aromatic rings. The third-order valence-electron chi connectivity index (χ3n) is 4.23. The van der Waals surface area contributed by atoms with Crippen LogP contribution in [0.1, 0.15) is 58.7 Å². The summed E-state index contributed by atoms with van der Waals surface area (Å²) in [4.78, 5) is 29.6. The Morgan fingerprint density at radius 2 is 1.61 bits per heavy atom. The van der Waals surface area contributed by atoms with Crippen molar-refractivity contribution in [3.63, 3.8) is 0 Å². The normalized spacial score (nSPS) is 14.6. The van der Waals surface area contributed by atoms with Gasteiger partial charge in [-0.15, -0.1) is 0 Å². The highest BCUT2D eigenvalue weighted by atomic mass is 32.2. The molecule has 1 aromatic heterocycles. The fraction of sp³-hybridized carbons (Fsp3) is 0.458. The van der Waals surface area contributed by atoms with Crippen molar-refractivity contribution >= 4 is 23.1 Å². The van der Waals surface area contributed by atoms with Crippen molar-refractivity contribution in [2.75, 3.05) is 0 Å². The summed E-state index contributed by atoms with van der Waals surface area (Å²) in [5.74, 6) is -0.801. The highest BCUT2D eigenvalue weighted by Crippen LogP contribution is 2.25. The number of aromatic nitrogens is 1. The van der Waals surface area contributed by atoms with E-state index in [0.29, 0.717) is 5.56 Å². The van der Waals surface area contributed by atoms with Gasteiger partial charge in [0.1, 0.15) is 12.2 Å². The van der Waals surface area contributed by atoms with Gasteiger partial charge in [-0.05, 0) is 64.8 Å². The van der Waals surface area contributed by atoms with Crippen molar-refractivity contribution in [1.29, 1.82) is 0 Å². The maximum atomic E-state index is 13.2. The van der Waals surface area contributed by atoms with Crippen LogP contribution in [0.2, 0.25) is 0 Å². The van der Waals surface area contributed by atoms with E-state index in [9.17, 15) is 13.8 Å². The van der Waals surface area contributed by atoms with Crippen LogP contribution in [0.25, 0.3) is 0 Å². The predicted molar refractivity (Wildman–Crippen MR) is 125 cm³/mol. The third-order valence-corrected chi connectivity index (χ3v) is 5.81. The van der Waals surface area contributed by atoms with Crippen molar-refractivity contribution in [3.05, 3.63) is 66.0 Å². The van der Waals surface area contributed by atoms with Gasteiger partial charge in [-0.1, -0.05) is 30.3 Å². The van der Waals surface area contributed by atoms with Crippen LogP contribution in [0.3, 0.4) is 0 Å². The van der Waals surface area contributed by atoms with Gasteiger partial charge in [-0.25, -0.2) is 18.5 Å². The van der Waals surface area contributed by atoms with E-state index in [4.69, 9.17) is 14.2 Å². The SMILES string of the molecule is CC(C)(C)OC(=O)O[C@@H](C(=O)OCc1ccccc1)[C@@H](N[S@](=O)C(C)(C)C)c1ccncc1. The van der Waals surface area contributed by atoms with Crippen LogP contribution in [0.15, 0.2) is 54.9 Å². The van der Waals surface area contributed by atoms with E-state index in [0.717, 1.165) is 5.56 Å². The van der Waals surface area contributed by atoms with E-state index in [1.807, 2.05) is 30.3 Å². The summed E-state index contributed by atoms with van der Waals surface area (Å²) < 4.78 is 31.4. The second kappa shape index (κ2) is 11.4. The molecule has 0 aliphatic heterocycles. The van der Waals surface area contributed by atoms with Crippen LogP contribution in [0, 0.1) is 0 Å². The standard InChI is InChI=1S/C24H32N2O6S/c1-23(2,3)32-22(28)31-20(21(27)30-16-17-10-8-7-9-11-17)19(18-12-14-25-15-13-18)26-33(29)24(4,5)6/h7-15,19-20,26H,16H2,1-6H3/t19-,20+,33+/m0/s1. The summed E-state index contributed by atoms with van der Waals surface area (Å²) in [6, 6.07) is 11.4. The Labute approximate surface area is 197 Å². The molecule has 0 fully saturated rings. The molecule has 0 bridgehead atoms. The molecule has 1 heterocycles. The Morgan fingerprint density at radius 3 is 2.15 bits per heavy atom. The van der Waals surface area contributed by atoms with Crippen LogP contribution >= 0.6 is 0 Å². The second-order valence-electron chi connectivity index (χ2n) is 9.35. The average molecular weight is 477 g/mol. The van der Waals surface area contributed by atoms with E-state index >= 15 is 0 Å². The molecule has 0 amide bonds. The zero-order valence-electron chi connectivity index (χ0n) is 19.9. The lowest BCUT2D eigenvalue weighted by Gasteiger charge is -2.30. The number of carbonyl (C=O) groups is 2. The number of nitrogens with zero attached hydrogens (tertiary/aromatic N) is 1. The van der Waals surface area contributed by atoms with Gasteiger partial charge < -0.3 is 14.2 Å². The molecular formula is C24H32N2O6S. The Kier molecular flexibility index (Phi) is 9.13. The predicted octanol–water partition coefficient (Wildman–Crippen LogP) is 4.24. The molecule has 1 aromatic carbocycles. The molecule has 9 heteroatoms. The Morgan fingerprint density at radius 1 is 1.00 bits per heavy atom. The number of rotatable bonds is 8. The van der Waals surface area contributed by atoms with Gasteiger partial charge in [0.05, 0.1) is 21.8 Å². The monoisotopic (exact) mass is 476 g/mol. The number of hydrogen-bond acceptors (Lipinski definition) is 7. The minimum absolute atomic E-state index is 0.0146. The maximum absolute atomic E-state index is 13.2. The molecule has 180 valence electrons. The smallest absolute Gasteiger partial charge is 0.458 e. The number of hydrogen-bond donors (Lipinski definition) is 1. The first-order valence-corrected chi connectivity index (χ1v) is 11.7. The van der Waals surface area contributed by atoms with Crippen LogP contribution in [0.4, 0.5) is 4.79 Å². The molecule has 3 atom stereocenters. The zero-order valence-corrected chi connectivity index (χ0v) is 20.7. The zero-order chi connectivity index (χ0) is 24.6. The molecule has 0 saturated carbocycles. The molecule has 0 aliphatic carbocycles. The lowest BCUT2D eigenvalue weighted by Crippen LogP contribution is -2.46. The minimum Gasteiger partial charge on any atom is -0.458 e. The Balaban J connectivity index is 2.37. The fourth-order valence-corrected chi connectivity index (χ4v) is 3.45. The second-order valence-corrected chi connectivity index (χ2v) is 11.4. The molecule has 0 unspecified atom stereocenters. The molecule has 2 rings (SSSR count). The number of nitrogens with one attached hydrogen (secondary N) is 1. The molecule has 0 saturated heterocycles. The van der Waals surface area contributed by atoms with Gasteiger partial charge in [0.25, 0.3) is 0 Å². The quantitative estimate of drug-likeness (QED) is 0.568. The van der Waals surface area contributed by atoms with E-state index in [1.54, 1.807) is 53.7 Å². The summed E-state index contributed by atoms with van der Waals surface area (Å²) in [5.41, 5.74) is 0.491. The largest absolute Gasteiger partial charge is 0.509 e. The topological polar surface area (TPSA) is 104 Å². The van der Waals surface area contributed by atoms with Crippen molar-refractivity contribution in [2.24, 2.45) is 0 Å². The first-order valence-electron chi connectivity index (χ1n) is 10.5. The Hall–Kier alpha value is -2.78. The lowest BCUT2D eigenvalue weighted by atomic mass is 10.0. The number of ether oxygens (including phenoxy) is 3. The molecule has 0 aliphatic rings. The number of pyridine rings is 1. The van der Waals surface area contributed by atoms with Crippen LogP contribution in [-0.2, 0) is 36.6 Å². The van der Waals surface area contributed by atoms with Gasteiger partial charge in [0.15, 0.2) is 0 Å². The van der Waals surface area contributed by atoms with E-state index in [-0.39, 0.29) is 6.61 Å². The van der Waals surface area contributed by atoms with Crippen molar-refractivity contribution < 1.29 is 28.0 Å². The first-order chi connectivity index (χ1) is 15.4.